The van der Waals surface area contributed by atoms with Crippen molar-refractivity contribution in [3.05, 3.63) is 58.9 Å². The van der Waals surface area contributed by atoms with Crippen LogP contribution < -0.4 is 20.3 Å². The third-order valence-corrected chi connectivity index (χ3v) is 5.67. The van der Waals surface area contributed by atoms with Crippen LogP contribution in [0.15, 0.2) is 58.5 Å². The number of amides is 1. The first kappa shape index (κ1) is 20.3. The van der Waals surface area contributed by atoms with Crippen molar-refractivity contribution in [1.82, 2.24) is 14.9 Å². The molecule has 1 atom stereocenters. The number of thioether (sulfide) groups is 1. The van der Waals surface area contributed by atoms with Gasteiger partial charge in [-0.1, -0.05) is 36.0 Å². The quantitative estimate of drug-likeness (QED) is 0.483. The highest BCUT2D eigenvalue weighted by molar-refractivity contribution is 7.99. The Balaban J connectivity index is 1.39. The Labute approximate surface area is 178 Å². The molecule has 2 heterocycles. The van der Waals surface area contributed by atoms with E-state index in [-0.39, 0.29) is 29.4 Å². The lowest BCUT2D eigenvalue weighted by Crippen LogP contribution is -2.41. The van der Waals surface area contributed by atoms with Crippen molar-refractivity contribution in [3.8, 4) is 11.5 Å². The minimum atomic E-state index is -0.249. The van der Waals surface area contributed by atoms with Crippen LogP contribution in [0.1, 0.15) is 19.9 Å². The predicted molar refractivity (Wildman–Crippen MR) is 116 cm³/mol. The van der Waals surface area contributed by atoms with E-state index in [0.29, 0.717) is 40.7 Å². The molecule has 1 unspecified atom stereocenters. The average Bonchev–Trinajstić information content (AvgIpc) is 2.76. The van der Waals surface area contributed by atoms with Crippen LogP contribution in [-0.4, -0.2) is 40.5 Å². The molecule has 0 saturated carbocycles. The Morgan fingerprint density at radius 3 is 2.73 bits per heavy atom. The third-order valence-electron chi connectivity index (χ3n) is 4.72. The molecule has 0 radical (unpaired) electrons. The second-order valence-electron chi connectivity index (χ2n) is 7.27. The van der Waals surface area contributed by atoms with Crippen LogP contribution in [0.4, 0.5) is 0 Å². The van der Waals surface area contributed by atoms with Crippen LogP contribution in [0.2, 0.25) is 0 Å². The van der Waals surface area contributed by atoms with Crippen LogP contribution in [0.5, 0.6) is 11.5 Å². The summed E-state index contributed by atoms with van der Waals surface area (Å²) in [4.78, 5) is 29.8. The number of carbonyl (C=O) groups excluding carboxylic acids is 1. The van der Waals surface area contributed by atoms with E-state index in [1.807, 2.05) is 56.3 Å². The summed E-state index contributed by atoms with van der Waals surface area (Å²) in [7, 11) is 0. The Morgan fingerprint density at radius 2 is 1.93 bits per heavy atom. The molecule has 1 aromatic heterocycles. The molecule has 1 aliphatic heterocycles. The van der Waals surface area contributed by atoms with Crippen LogP contribution in [0, 0.1) is 0 Å². The fraction of sp³-hybridized carbons (Fsp3) is 0.318. The van der Waals surface area contributed by atoms with E-state index >= 15 is 0 Å². The second kappa shape index (κ2) is 8.79. The predicted octanol–water partition coefficient (Wildman–Crippen LogP) is 3.03. The van der Waals surface area contributed by atoms with Crippen LogP contribution >= 0.6 is 11.8 Å². The SMILES string of the molecule is CC(C)n1c(SCC(=O)NCC2COc3ccccc3O2)nc2ccccc2c1=O. The van der Waals surface area contributed by atoms with Gasteiger partial charge in [-0.2, -0.15) is 0 Å². The van der Waals surface area contributed by atoms with Gasteiger partial charge in [0.1, 0.15) is 12.7 Å². The molecule has 0 saturated heterocycles. The highest BCUT2D eigenvalue weighted by Crippen LogP contribution is 2.30. The van der Waals surface area contributed by atoms with E-state index in [0.717, 1.165) is 0 Å². The molecule has 1 N–H and O–H groups in total. The highest BCUT2D eigenvalue weighted by atomic mass is 32.2. The lowest BCUT2D eigenvalue weighted by Gasteiger charge is -2.26. The number of fused-ring (bicyclic) bond motifs is 2. The third kappa shape index (κ3) is 4.28. The van der Waals surface area contributed by atoms with Gasteiger partial charge < -0.3 is 14.8 Å². The number of rotatable bonds is 6. The monoisotopic (exact) mass is 425 g/mol. The van der Waals surface area contributed by atoms with Crippen molar-refractivity contribution in [3.63, 3.8) is 0 Å². The van der Waals surface area contributed by atoms with Gasteiger partial charge in [-0.3, -0.25) is 14.2 Å². The molecule has 4 rings (SSSR count). The molecular formula is C22H23N3O4S. The van der Waals surface area contributed by atoms with E-state index in [1.165, 1.54) is 11.8 Å². The number of benzene rings is 2. The summed E-state index contributed by atoms with van der Waals surface area (Å²) in [5.74, 6) is 1.39. The zero-order chi connectivity index (χ0) is 21.1. The molecule has 1 amide bonds. The van der Waals surface area contributed by atoms with Gasteiger partial charge in [-0.25, -0.2) is 4.98 Å². The second-order valence-corrected chi connectivity index (χ2v) is 8.21. The smallest absolute Gasteiger partial charge is 0.262 e. The summed E-state index contributed by atoms with van der Waals surface area (Å²) >= 11 is 1.26. The van der Waals surface area contributed by atoms with Crippen molar-refractivity contribution < 1.29 is 14.3 Å². The maximum absolute atomic E-state index is 12.8. The zero-order valence-corrected chi connectivity index (χ0v) is 17.6. The Kier molecular flexibility index (Phi) is 5.94. The number of ether oxygens (including phenoxy) is 2. The molecule has 2 aromatic carbocycles. The van der Waals surface area contributed by atoms with Gasteiger partial charge in [-0.15, -0.1) is 0 Å². The van der Waals surface area contributed by atoms with Crippen molar-refractivity contribution in [2.75, 3.05) is 18.9 Å². The minimum Gasteiger partial charge on any atom is -0.486 e. The molecule has 30 heavy (non-hydrogen) atoms. The molecule has 3 aromatic rings. The molecule has 0 aliphatic carbocycles. The Bertz CT molecular complexity index is 1130. The maximum atomic E-state index is 12.8. The van der Waals surface area contributed by atoms with E-state index in [2.05, 4.69) is 10.3 Å². The lowest BCUT2D eigenvalue weighted by molar-refractivity contribution is -0.119. The fourth-order valence-electron chi connectivity index (χ4n) is 3.26. The van der Waals surface area contributed by atoms with E-state index in [1.54, 1.807) is 10.6 Å². The Morgan fingerprint density at radius 1 is 1.20 bits per heavy atom. The van der Waals surface area contributed by atoms with Crippen LogP contribution in [0.25, 0.3) is 10.9 Å². The molecular weight excluding hydrogens is 402 g/mol. The first-order chi connectivity index (χ1) is 14.5. The summed E-state index contributed by atoms with van der Waals surface area (Å²) in [6.45, 7) is 4.58. The molecule has 156 valence electrons. The van der Waals surface area contributed by atoms with Crippen LogP contribution in [-0.2, 0) is 4.79 Å². The fourth-order valence-corrected chi connectivity index (χ4v) is 4.21. The van der Waals surface area contributed by atoms with E-state index in [4.69, 9.17) is 9.47 Å². The molecule has 7 nitrogen and oxygen atoms in total. The van der Waals surface area contributed by atoms with Gasteiger partial charge in [0, 0.05) is 6.04 Å². The van der Waals surface area contributed by atoms with E-state index < -0.39 is 0 Å². The van der Waals surface area contributed by atoms with Gasteiger partial charge in [0.2, 0.25) is 5.91 Å². The summed E-state index contributed by atoms with van der Waals surface area (Å²) < 4.78 is 13.2. The zero-order valence-electron chi connectivity index (χ0n) is 16.8. The lowest BCUT2D eigenvalue weighted by atomic mass is 10.2. The number of hydrogen-bond donors (Lipinski definition) is 1. The van der Waals surface area contributed by atoms with Gasteiger partial charge in [0.15, 0.2) is 16.7 Å². The summed E-state index contributed by atoms with van der Waals surface area (Å²) in [5.41, 5.74) is 0.540. The molecule has 1 aliphatic rings. The van der Waals surface area contributed by atoms with Gasteiger partial charge in [0.05, 0.1) is 23.2 Å². The van der Waals surface area contributed by atoms with Crippen LogP contribution in [0.3, 0.4) is 0 Å². The van der Waals surface area contributed by atoms with Crippen molar-refractivity contribution in [1.29, 1.82) is 0 Å². The van der Waals surface area contributed by atoms with Gasteiger partial charge in [-0.05, 0) is 38.1 Å². The van der Waals surface area contributed by atoms with Crippen molar-refractivity contribution >= 4 is 28.6 Å². The summed E-state index contributed by atoms with van der Waals surface area (Å²) in [6, 6.07) is 14.7. The average molecular weight is 426 g/mol. The number of carbonyl (C=O) groups is 1. The summed E-state index contributed by atoms with van der Waals surface area (Å²) in [5, 5.41) is 3.99. The number of nitrogens with one attached hydrogen (secondary N) is 1. The standard InChI is InChI=1S/C22H23N3O4S/c1-14(2)25-21(27)16-7-3-4-8-17(16)24-22(25)30-13-20(26)23-11-15-12-28-18-9-5-6-10-19(18)29-15/h3-10,14-15H,11-13H2,1-2H3,(H,23,26). The van der Waals surface area contributed by atoms with Gasteiger partial charge in [0.25, 0.3) is 5.56 Å². The normalized spacial score (nSPS) is 15.4. The minimum absolute atomic E-state index is 0.0620. The number of hydrogen-bond acceptors (Lipinski definition) is 6. The summed E-state index contributed by atoms with van der Waals surface area (Å²) in [6.07, 6.45) is -0.249. The Hall–Kier alpha value is -3.00. The topological polar surface area (TPSA) is 82.5 Å². The molecule has 0 bridgehead atoms. The first-order valence-corrected chi connectivity index (χ1v) is 10.8. The van der Waals surface area contributed by atoms with Gasteiger partial charge >= 0.3 is 0 Å². The highest BCUT2D eigenvalue weighted by Gasteiger charge is 2.21. The first-order valence-electron chi connectivity index (χ1n) is 9.82. The van der Waals surface area contributed by atoms with E-state index in [9.17, 15) is 9.59 Å². The molecule has 0 spiro atoms. The van der Waals surface area contributed by atoms with Crippen molar-refractivity contribution in [2.45, 2.75) is 31.1 Å². The largest absolute Gasteiger partial charge is 0.486 e. The number of para-hydroxylation sites is 3. The molecule has 0 fully saturated rings. The molecule has 8 heteroatoms. The number of aromatic nitrogens is 2. The number of nitrogens with zero attached hydrogens (tertiary/aromatic N) is 2. The van der Waals surface area contributed by atoms with Crippen molar-refractivity contribution in [2.24, 2.45) is 0 Å². The maximum Gasteiger partial charge on any atom is 0.262 e.